The third kappa shape index (κ3) is 7.02. The van der Waals surface area contributed by atoms with Crippen LogP contribution in [0, 0.1) is 0 Å². The number of hydrogen-bond acceptors (Lipinski definition) is 6. The van der Waals surface area contributed by atoms with E-state index in [4.69, 9.17) is 16.3 Å². The molecule has 3 unspecified atom stereocenters. The van der Waals surface area contributed by atoms with Crippen molar-refractivity contribution in [3.63, 3.8) is 0 Å². The average Bonchev–Trinajstić information content (AvgIpc) is 2.87. The Morgan fingerprint density at radius 3 is 2.26 bits per heavy atom. The van der Waals surface area contributed by atoms with Crippen LogP contribution in [-0.2, 0) is 33.8 Å². The number of benzene rings is 2. The number of ether oxygens (including phenoxy) is 1. The number of aliphatic hydroxyl groups excluding tert-OH is 3. The summed E-state index contributed by atoms with van der Waals surface area (Å²) in [6, 6.07) is 15.9. The Bertz CT molecular complexity index is 952. The molecule has 0 radical (unpaired) electrons. The number of carbonyl (C=O) groups is 2. The summed E-state index contributed by atoms with van der Waals surface area (Å²) in [5.41, 5.74) is 2.67. The van der Waals surface area contributed by atoms with E-state index in [0.717, 1.165) is 16.7 Å². The first kappa shape index (κ1) is 27.1. The summed E-state index contributed by atoms with van der Waals surface area (Å²) in [4.78, 5) is 28.7. The van der Waals surface area contributed by atoms with Gasteiger partial charge in [0.2, 0.25) is 5.91 Å². The second-order valence-electron chi connectivity index (χ2n) is 8.73. The molecule has 1 aliphatic heterocycles. The minimum atomic E-state index is -0.786. The Morgan fingerprint density at radius 1 is 1.06 bits per heavy atom. The van der Waals surface area contributed by atoms with Gasteiger partial charge in [-0.2, -0.15) is 0 Å². The van der Waals surface area contributed by atoms with Crippen LogP contribution < -0.4 is 0 Å². The molecule has 190 valence electrons. The highest BCUT2D eigenvalue weighted by Crippen LogP contribution is 2.21. The van der Waals surface area contributed by atoms with E-state index in [1.54, 1.807) is 11.8 Å². The second-order valence-corrected chi connectivity index (χ2v) is 9.39. The van der Waals surface area contributed by atoms with Crippen LogP contribution in [0.15, 0.2) is 54.6 Å². The van der Waals surface area contributed by atoms with Gasteiger partial charge in [-0.15, -0.1) is 11.6 Å². The zero-order valence-corrected chi connectivity index (χ0v) is 20.6. The molecular weight excluding hydrogens is 472 g/mol. The third-order valence-electron chi connectivity index (χ3n) is 6.18. The lowest BCUT2D eigenvalue weighted by Gasteiger charge is -2.38. The molecule has 0 aromatic heterocycles. The van der Waals surface area contributed by atoms with Gasteiger partial charge in [-0.25, -0.2) is 0 Å². The summed E-state index contributed by atoms with van der Waals surface area (Å²) in [7, 11) is 0. The number of hydrogen-bond donors (Lipinski definition) is 3. The average molecular weight is 505 g/mol. The molecule has 0 aliphatic carbocycles. The summed E-state index contributed by atoms with van der Waals surface area (Å²) in [6.07, 6.45) is -0.282. The Balaban J connectivity index is 1.68. The van der Waals surface area contributed by atoms with Crippen LogP contribution in [0.4, 0.5) is 0 Å². The van der Waals surface area contributed by atoms with Gasteiger partial charge < -0.3 is 29.9 Å². The number of halogens is 1. The Kier molecular flexibility index (Phi) is 10.1. The maximum absolute atomic E-state index is 13.2. The predicted molar refractivity (Wildman–Crippen MR) is 132 cm³/mol. The molecule has 35 heavy (non-hydrogen) atoms. The van der Waals surface area contributed by atoms with Gasteiger partial charge in [-0.1, -0.05) is 54.6 Å². The fourth-order valence-electron chi connectivity index (χ4n) is 4.10. The number of aliphatic hydroxyl groups is 3. The zero-order valence-electron chi connectivity index (χ0n) is 19.8. The van der Waals surface area contributed by atoms with E-state index in [0.29, 0.717) is 13.0 Å². The lowest BCUT2D eigenvalue weighted by Crippen LogP contribution is -2.55. The molecule has 3 rings (SSSR count). The van der Waals surface area contributed by atoms with E-state index in [2.05, 4.69) is 0 Å². The summed E-state index contributed by atoms with van der Waals surface area (Å²) in [5, 5.41) is 28.0. The van der Waals surface area contributed by atoms with Gasteiger partial charge in [0.05, 0.1) is 38.5 Å². The van der Waals surface area contributed by atoms with Crippen LogP contribution in [0.2, 0.25) is 0 Å². The third-order valence-corrected chi connectivity index (χ3v) is 6.36. The molecular formula is C26H33ClN2O6. The van der Waals surface area contributed by atoms with Crippen LogP contribution in [0.5, 0.6) is 0 Å². The van der Waals surface area contributed by atoms with Crippen molar-refractivity contribution in [3.8, 4) is 0 Å². The molecule has 0 bridgehead atoms. The van der Waals surface area contributed by atoms with E-state index in [1.807, 2.05) is 54.6 Å². The molecule has 9 heteroatoms. The van der Waals surface area contributed by atoms with Crippen LogP contribution in [0.25, 0.3) is 0 Å². The van der Waals surface area contributed by atoms with Gasteiger partial charge in [0.25, 0.3) is 5.91 Å². The molecule has 8 nitrogen and oxygen atoms in total. The number of alkyl halides is 1. The zero-order chi connectivity index (χ0) is 25.4. The minimum absolute atomic E-state index is 0.162. The Labute approximate surface area is 210 Å². The molecule has 3 atom stereocenters. The van der Waals surface area contributed by atoms with Crippen LogP contribution >= 0.6 is 11.6 Å². The highest BCUT2D eigenvalue weighted by molar-refractivity contribution is 6.30. The number of morpholine rings is 1. The van der Waals surface area contributed by atoms with Gasteiger partial charge in [-0.3, -0.25) is 9.59 Å². The van der Waals surface area contributed by atoms with Gasteiger partial charge in [0.1, 0.15) is 11.5 Å². The number of rotatable bonds is 11. The highest BCUT2D eigenvalue weighted by Gasteiger charge is 2.36. The Hall–Kier alpha value is -2.49. The molecule has 3 N–H and O–H groups in total. The van der Waals surface area contributed by atoms with E-state index in [-0.39, 0.29) is 50.8 Å². The van der Waals surface area contributed by atoms with E-state index in [1.165, 1.54) is 4.90 Å². The van der Waals surface area contributed by atoms with Crippen LogP contribution in [0.1, 0.15) is 23.6 Å². The SMILES string of the molecule is CC(Cl)C(=O)N(Cc1ccc(CC2OCC(CO)N(Cc3ccccc3)C2=O)cc1)C(CO)CO. The van der Waals surface area contributed by atoms with Crippen molar-refractivity contribution in [1.82, 2.24) is 9.80 Å². The molecule has 0 saturated carbocycles. The quantitative estimate of drug-likeness (QED) is 0.398. The van der Waals surface area contributed by atoms with Gasteiger partial charge in [0.15, 0.2) is 0 Å². The maximum atomic E-state index is 13.2. The topological polar surface area (TPSA) is 111 Å². The molecule has 1 fully saturated rings. The lowest BCUT2D eigenvalue weighted by molar-refractivity contribution is -0.162. The van der Waals surface area contributed by atoms with Crippen molar-refractivity contribution < 1.29 is 29.6 Å². The van der Waals surface area contributed by atoms with Crippen molar-refractivity contribution in [2.75, 3.05) is 26.4 Å². The number of carbonyl (C=O) groups excluding carboxylic acids is 2. The van der Waals surface area contributed by atoms with Crippen molar-refractivity contribution in [1.29, 1.82) is 0 Å². The molecule has 1 aliphatic rings. The molecule has 0 spiro atoms. The standard InChI is InChI=1S/C26H33ClN2O6/c1-18(27)25(33)28(22(14-30)15-31)13-21-9-7-19(8-10-21)11-24-26(34)29(23(16-32)17-35-24)12-20-5-3-2-4-6-20/h2-10,18,22-24,30-32H,11-17H2,1H3. The molecule has 2 amide bonds. The van der Waals surface area contributed by atoms with Crippen molar-refractivity contribution in [2.24, 2.45) is 0 Å². The molecule has 1 saturated heterocycles. The van der Waals surface area contributed by atoms with Crippen LogP contribution in [0.3, 0.4) is 0 Å². The van der Waals surface area contributed by atoms with Gasteiger partial charge in [0, 0.05) is 19.5 Å². The van der Waals surface area contributed by atoms with E-state index < -0.39 is 17.5 Å². The summed E-state index contributed by atoms with van der Waals surface area (Å²) in [6.45, 7) is 1.48. The summed E-state index contributed by atoms with van der Waals surface area (Å²) < 4.78 is 5.80. The van der Waals surface area contributed by atoms with Crippen molar-refractivity contribution >= 4 is 23.4 Å². The molecule has 1 heterocycles. The monoisotopic (exact) mass is 504 g/mol. The summed E-state index contributed by atoms with van der Waals surface area (Å²) in [5.74, 6) is -0.535. The second kappa shape index (κ2) is 13.0. The van der Waals surface area contributed by atoms with E-state index >= 15 is 0 Å². The van der Waals surface area contributed by atoms with Gasteiger partial charge >= 0.3 is 0 Å². The first-order valence-corrected chi connectivity index (χ1v) is 12.1. The number of amides is 2. The predicted octanol–water partition coefficient (Wildman–Crippen LogP) is 1.33. The van der Waals surface area contributed by atoms with Gasteiger partial charge in [-0.05, 0) is 23.6 Å². The first-order valence-electron chi connectivity index (χ1n) is 11.7. The number of nitrogens with zero attached hydrogens (tertiary/aromatic N) is 2. The normalized spacial score (nSPS) is 19.1. The fraction of sp³-hybridized carbons (Fsp3) is 0.462. The highest BCUT2D eigenvalue weighted by atomic mass is 35.5. The molecule has 2 aromatic carbocycles. The Morgan fingerprint density at radius 2 is 1.69 bits per heavy atom. The van der Waals surface area contributed by atoms with Crippen molar-refractivity contribution in [3.05, 3.63) is 71.3 Å². The van der Waals surface area contributed by atoms with Crippen molar-refractivity contribution in [2.45, 2.75) is 50.0 Å². The maximum Gasteiger partial charge on any atom is 0.252 e. The fourth-order valence-corrected chi connectivity index (χ4v) is 4.23. The largest absolute Gasteiger partial charge is 0.394 e. The molecule has 2 aromatic rings. The lowest BCUT2D eigenvalue weighted by atomic mass is 10.0. The van der Waals surface area contributed by atoms with Crippen LogP contribution in [-0.4, -0.2) is 86.9 Å². The minimum Gasteiger partial charge on any atom is -0.394 e. The smallest absolute Gasteiger partial charge is 0.252 e. The first-order chi connectivity index (χ1) is 16.9. The summed E-state index contributed by atoms with van der Waals surface area (Å²) >= 11 is 5.96. The van der Waals surface area contributed by atoms with E-state index in [9.17, 15) is 24.9 Å².